The Hall–Kier alpha value is -2.87. The van der Waals surface area contributed by atoms with Gasteiger partial charge in [-0.1, -0.05) is 18.6 Å². The molecule has 0 fully saturated rings. The monoisotopic (exact) mass is 405 g/mol. The van der Waals surface area contributed by atoms with E-state index in [0.29, 0.717) is 11.3 Å². The van der Waals surface area contributed by atoms with Crippen molar-refractivity contribution in [1.29, 1.82) is 0 Å². The molecule has 1 amide bonds. The summed E-state index contributed by atoms with van der Waals surface area (Å²) in [6.45, 7) is 3.36. The molecule has 7 nitrogen and oxygen atoms in total. The summed E-state index contributed by atoms with van der Waals surface area (Å²) in [5.74, 6) is -0.678. The van der Waals surface area contributed by atoms with E-state index in [-0.39, 0.29) is 40.7 Å². The van der Waals surface area contributed by atoms with Gasteiger partial charge in [0.15, 0.2) is 15.6 Å². The van der Waals surface area contributed by atoms with Crippen molar-refractivity contribution in [3.05, 3.63) is 47.5 Å². The average molecular weight is 405 g/mol. The summed E-state index contributed by atoms with van der Waals surface area (Å²) in [6.07, 6.45) is -0.181. The minimum absolute atomic E-state index is 0.00340. The van der Waals surface area contributed by atoms with Gasteiger partial charge in [-0.2, -0.15) is 0 Å². The van der Waals surface area contributed by atoms with Crippen LogP contribution in [-0.4, -0.2) is 38.1 Å². The van der Waals surface area contributed by atoms with Crippen LogP contribution in [0.5, 0.6) is 11.5 Å². The number of Topliss-reactive ketones (excluding diaryl/α,β-unsaturated/α-hetero) is 1. The zero-order valence-corrected chi connectivity index (χ0v) is 16.8. The van der Waals surface area contributed by atoms with Crippen molar-refractivity contribution in [1.82, 2.24) is 0 Å². The zero-order valence-electron chi connectivity index (χ0n) is 16.0. The van der Waals surface area contributed by atoms with Crippen LogP contribution in [0.2, 0.25) is 0 Å². The van der Waals surface area contributed by atoms with Gasteiger partial charge in [0, 0.05) is 12.8 Å². The van der Waals surface area contributed by atoms with Crippen molar-refractivity contribution in [2.75, 3.05) is 18.2 Å². The van der Waals surface area contributed by atoms with Crippen molar-refractivity contribution in [2.24, 2.45) is 0 Å². The number of amides is 1. The molecule has 0 unspecified atom stereocenters. The summed E-state index contributed by atoms with van der Waals surface area (Å²) >= 11 is 0. The molecule has 2 N–H and O–H groups in total. The van der Waals surface area contributed by atoms with Gasteiger partial charge in [0.05, 0.1) is 29.0 Å². The molecule has 0 radical (unpaired) electrons. The van der Waals surface area contributed by atoms with Gasteiger partial charge in [-0.15, -0.1) is 0 Å². The zero-order chi connectivity index (χ0) is 20.9. The number of anilines is 1. The molecule has 0 saturated carbocycles. The molecule has 0 aliphatic carbocycles. The second kappa shape index (κ2) is 8.88. The Morgan fingerprint density at radius 1 is 1.11 bits per heavy atom. The van der Waals surface area contributed by atoms with Gasteiger partial charge in [0.2, 0.25) is 5.91 Å². The molecular formula is C20H23NO6S. The maximum Gasteiger partial charge on any atom is 0.224 e. The molecule has 0 spiro atoms. The van der Waals surface area contributed by atoms with Crippen molar-refractivity contribution in [3.63, 3.8) is 0 Å². The summed E-state index contributed by atoms with van der Waals surface area (Å²) in [7, 11) is -2.01. The Kier molecular flexibility index (Phi) is 6.80. The highest BCUT2D eigenvalue weighted by Gasteiger charge is 2.17. The van der Waals surface area contributed by atoms with Crippen LogP contribution >= 0.6 is 0 Å². The molecule has 0 atom stereocenters. The fourth-order valence-electron chi connectivity index (χ4n) is 2.59. The van der Waals surface area contributed by atoms with Crippen molar-refractivity contribution in [3.8, 4) is 11.5 Å². The van der Waals surface area contributed by atoms with Crippen molar-refractivity contribution in [2.45, 2.75) is 31.6 Å². The van der Waals surface area contributed by atoms with Crippen LogP contribution in [0.25, 0.3) is 0 Å². The first-order chi connectivity index (χ1) is 13.2. The number of rotatable bonds is 8. The highest BCUT2D eigenvalue weighted by Crippen LogP contribution is 2.27. The van der Waals surface area contributed by atoms with E-state index in [2.05, 4.69) is 5.32 Å². The Labute approximate surface area is 164 Å². The Balaban J connectivity index is 2.08. The lowest BCUT2D eigenvalue weighted by Crippen LogP contribution is -2.14. The molecule has 0 aliphatic heterocycles. The largest absolute Gasteiger partial charge is 0.506 e. The molecule has 0 aromatic heterocycles. The lowest BCUT2D eigenvalue weighted by atomic mass is 10.0. The van der Waals surface area contributed by atoms with Crippen molar-refractivity contribution < 1.29 is 27.9 Å². The Bertz CT molecular complexity index is 998. The number of ketones is 1. The molecule has 2 aromatic carbocycles. The number of carbonyl (C=O) groups excluding carboxylic acids is 2. The highest BCUT2D eigenvalue weighted by molar-refractivity contribution is 7.91. The Morgan fingerprint density at radius 3 is 2.46 bits per heavy atom. The van der Waals surface area contributed by atoms with E-state index in [9.17, 15) is 23.1 Å². The lowest BCUT2D eigenvalue weighted by molar-refractivity contribution is -0.116. The van der Waals surface area contributed by atoms with Gasteiger partial charge in [-0.3, -0.25) is 9.59 Å². The SMILES string of the molecule is CCS(=O)(=O)c1ccc(O)c(NC(=O)CCC(=O)c2cc(C)ccc2OC)c1. The van der Waals surface area contributed by atoms with E-state index in [1.165, 1.54) is 32.2 Å². The minimum Gasteiger partial charge on any atom is -0.506 e. The number of hydrogen-bond donors (Lipinski definition) is 2. The second-order valence-corrected chi connectivity index (χ2v) is 8.54. The van der Waals surface area contributed by atoms with Gasteiger partial charge in [0.25, 0.3) is 0 Å². The lowest BCUT2D eigenvalue weighted by Gasteiger charge is -2.11. The first kappa shape index (κ1) is 21.4. The summed E-state index contributed by atoms with van der Waals surface area (Å²) in [6, 6.07) is 8.91. The number of nitrogens with one attached hydrogen (secondary N) is 1. The molecule has 0 heterocycles. The van der Waals surface area contributed by atoms with Gasteiger partial charge in [-0.25, -0.2) is 8.42 Å². The van der Waals surface area contributed by atoms with E-state index in [0.717, 1.165) is 5.56 Å². The third-order valence-corrected chi connectivity index (χ3v) is 5.95. The van der Waals surface area contributed by atoms with Crippen LogP contribution in [0, 0.1) is 6.92 Å². The average Bonchev–Trinajstić information content (AvgIpc) is 2.67. The fraction of sp³-hybridized carbons (Fsp3) is 0.300. The van der Waals surface area contributed by atoms with Gasteiger partial charge < -0.3 is 15.2 Å². The number of carbonyl (C=O) groups is 2. The van der Waals surface area contributed by atoms with Crippen LogP contribution in [0.4, 0.5) is 5.69 Å². The summed E-state index contributed by atoms with van der Waals surface area (Å²) in [4.78, 5) is 24.6. The number of benzene rings is 2. The van der Waals surface area contributed by atoms with Gasteiger partial charge >= 0.3 is 0 Å². The summed E-state index contributed by atoms with van der Waals surface area (Å²) in [5, 5.41) is 12.3. The quantitative estimate of drug-likeness (QED) is 0.516. The maximum atomic E-state index is 12.4. The van der Waals surface area contributed by atoms with Crippen LogP contribution in [-0.2, 0) is 14.6 Å². The number of phenols is 1. The molecule has 0 bridgehead atoms. The Morgan fingerprint density at radius 2 is 1.82 bits per heavy atom. The number of hydrogen-bond acceptors (Lipinski definition) is 6. The molecule has 0 aliphatic rings. The first-order valence-electron chi connectivity index (χ1n) is 8.71. The molecule has 8 heteroatoms. The smallest absolute Gasteiger partial charge is 0.224 e. The second-order valence-electron chi connectivity index (χ2n) is 6.26. The van der Waals surface area contributed by atoms with Crippen LogP contribution in [0.15, 0.2) is 41.3 Å². The number of methoxy groups -OCH3 is 1. The standard InChI is InChI=1S/C20H23NO6S/c1-4-28(25,26)14-6-7-18(23)16(12-14)21-20(24)10-8-17(22)15-11-13(2)5-9-19(15)27-3/h5-7,9,11-12,23H,4,8,10H2,1-3H3,(H,21,24). The van der Waals surface area contributed by atoms with E-state index >= 15 is 0 Å². The molecule has 0 saturated heterocycles. The van der Waals surface area contributed by atoms with E-state index < -0.39 is 15.7 Å². The number of sulfone groups is 1. The van der Waals surface area contributed by atoms with Gasteiger partial charge in [-0.05, 0) is 37.3 Å². The van der Waals surface area contributed by atoms with Crippen LogP contribution in [0.1, 0.15) is 35.7 Å². The van der Waals surface area contributed by atoms with Crippen LogP contribution in [0.3, 0.4) is 0 Å². The summed E-state index contributed by atoms with van der Waals surface area (Å²) in [5.41, 5.74) is 1.28. The molecule has 150 valence electrons. The number of ether oxygens (including phenoxy) is 1. The number of aryl methyl sites for hydroxylation is 1. The molecule has 2 aromatic rings. The predicted octanol–water partition coefficient (Wildman–Crippen LogP) is 3.10. The third kappa shape index (κ3) is 5.10. The molecular weight excluding hydrogens is 382 g/mol. The van der Waals surface area contributed by atoms with Crippen molar-refractivity contribution >= 4 is 27.2 Å². The fourth-order valence-corrected chi connectivity index (χ4v) is 3.50. The van der Waals surface area contributed by atoms with E-state index in [4.69, 9.17) is 4.74 Å². The normalized spacial score (nSPS) is 11.1. The third-order valence-electron chi connectivity index (χ3n) is 4.22. The van der Waals surface area contributed by atoms with Crippen LogP contribution < -0.4 is 10.1 Å². The summed E-state index contributed by atoms with van der Waals surface area (Å²) < 4.78 is 29.1. The van der Waals surface area contributed by atoms with E-state index in [1.54, 1.807) is 12.1 Å². The molecule has 28 heavy (non-hydrogen) atoms. The molecule has 2 rings (SSSR count). The first-order valence-corrected chi connectivity index (χ1v) is 10.4. The number of aromatic hydroxyl groups is 1. The minimum atomic E-state index is -3.48. The highest BCUT2D eigenvalue weighted by atomic mass is 32.2. The van der Waals surface area contributed by atoms with E-state index in [1.807, 2.05) is 13.0 Å². The topological polar surface area (TPSA) is 110 Å². The maximum absolute atomic E-state index is 12.4. The van der Waals surface area contributed by atoms with Gasteiger partial charge in [0.1, 0.15) is 11.5 Å². The predicted molar refractivity (Wildman–Crippen MR) is 106 cm³/mol. The number of phenolic OH excluding ortho intramolecular Hbond substituents is 1.